The van der Waals surface area contributed by atoms with Crippen LogP contribution in [0.25, 0.3) is 0 Å². The minimum atomic E-state index is 1.12. The Hall–Kier alpha value is -0.300. The average molecular weight is 366 g/mol. The van der Waals surface area contributed by atoms with E-state index in [1.54, 1.807) is 7.11 Å². The molecule has 0 aromatic rings. The second-order valence-electron chi connectivity index (χ2n) is 7.99. The van der Waals surface area contributed by atoms with Gasteiger partial charge in [0.1, 0.15) is 0 Å². The standard InChI is InChI=1S/C25H49O/c1-3-4-5-6-7-8-9-10-11-12-13-14-15-16-17-18-19-20-21-22-23-24-25-26-2/h3,25H,1,4-24H2,2H3. The van der Waals surface area contributed by atoms with E-state index in [1.165, 1.54) is 128 Å². The zero-order chi connectivity index (χ0) is 19.0. The highest BCUT2D eigenvalue weighted by Crippen LogP contribution is 2.15. The number of ether oxygens (including phenoxy) is 1. The van der Waals surface area contributed by atoms with Crippen LogP contribution in [-0.4, -0.2) is 7.11 Å². The van der Waals surface area contributed by atoms with Gasteiger partial charge in [-0.05, 0) is 19.3 Å². The summed E-state index contributed by atoms with van der Waals surface area (Å²) in [5, 5.41) is 0. The number of methoxy groups -OCH3 is 1. The molecule has 0 unspecified atom stereocenters. The molecule has 155 valence electrons. The van der Waals surface area contributed by atoms with Crippen LogP contribution in [0.3, 0.4) is 0 Å². The Morgan fingerprint density at radius 1 is 0.462 bits per heavy atom. The fourth-order valence-electron chi connectivity index (χ4n) is 3.64. The molecule has 0 aromatic carbocycles. The van der Waals surface area contributed by atoms with Gasteiger partial charge in [-0.2, -0.15) is 0 Å². The molecule has 0 atom stereocenters. The van der Waals surface area contributed by atoms with E-state index in [0.717, 1.165) is 6.42 Å². The Morgan fingerprint density at radius 2 is 0.731 bits per heavy atom. The average Bonchev–Trinajstić information content (AvgIpc) is 2.66. The first-order valence-corrected chi connectivity index (χ1v) is 11.9. The molecule has 0 spiro atoms. The minimum Gasteiger partial charge on any atom is -0.379 e. The predicted octanol–water partition coefficient (Wildman–Crippen LogP) is 9.17. The van der Waals surface area contributed by atoms with E-state index in [1.807, 2.05) is 12.7 Å². The van der Waals surface area contributed by atoms with E-state index in [9.17, 15) is 0 Å². The first kappa shape index (κ1) is 25.7. The molecule has 0 heterocycles. The van der Waals surface area contributed by atoms with Crippen LogP contribution in [0.2, 0.25) is 0 Å². The molecule has 1 heteroatoms. The third kappa shape index (κ3) is 23.7. The van der Waals surface area contributed by atoms with Gasteiger partial charge in [0.25, 0.3) is 0 Å². The number of unbranched alkanes of at least 4 members (excludes halogenated alkanes) is 20. The largest absolute Gasteiger partial charge is 0.379 e. The van der Waals surface area contributed by atoms with Crippen molar-refractivity contribution in [3.8, 4) is 0 Å². The Labute approximate surface area is 166 Å². The molecule has 1 nitrogen and oxygen atoms in total. The topological polar surface area (TPSA) is 9.23 Å². The van der Waals surface area contributed by atoms with Crippen molar-refractivity contribution in [3.05, 3.63) is 19.3 Å². The Balaban J connectivity index is 2.96. The van der Waals surface area contributed by atoms with Gasteiger partial charge in [0.15, 0.2) is 0 Å². The van der Waals surface area contributed by atoms with Crippen molar-refractivity contribution < 1.29 is 4.74 Å². The third-order valence-electron chi connectivity index (χ3n) is 5.40. The molecule has 0 aliphatic heterocycles. The van der Waals surface area contributed by atoms with Gasteiger partial charge in [0, 0.05) is 7.11 Å². The van der Waals surface area contributed by atoms with E-state index in [4.69, 9.17) is 4.74 Å². The molecule has 0 fully saturated rings. The monoisotopic (exact) mass is 365 g/mol. The predicted molar refractivity (Wildman–Crippen MR) is 118 cm³/mol. The zero-order valence-electron chi connectivity index (χ0n) is 18.1. The second kappa shape index (κ2) is 24.7. The van der Waals surface area contributed by atoms with Gasteiger partial charge in [0.2, 0.25) is 0 Å². The second-order valence-corrected chi connectivity index (χ2v) is 7.99. The molecule has 0 amide bonds. The number of rotatable bonds is 23. The lowest BCUT2D eigenvalue weighted by Crippen LogP contribution is -1.85. The van der Waals surface area contributed by atoms with Crippen molar-refractivity contribution in [1.29, 1.82) is 0 Å². The molecule has 0 saturated carbocycles. The van der Waals surface area contributed by atoms with E-state index >= 15 is 0 Å². The van der Waals surface area contributed by atoms with Crippen molar-refractivity contribution in [2.45, 2.75) is 135 Å². The smallest absolute Gasteiger partial charge is 0.0832 e. The van der Waals surface area contributed by atoms with Crippen molar-refractivity contribution in [3.63, 3.8) is 0 Å². The van der Waals surface area contributed by atoms with Crippen molar-refractivity contribution in [1.82, 2.24) is 0 Å². The summed E-state index contributed by atoms with van der Waals surface area (Å²) in [7, 11) is 1.75. The van der Waals surface area contributed by atoms with Crippen LogP contribution in [0, 0.1) is 6.61 Å². The van der Waals surface area contributed by atoms with Gasteiger partial charge < -0.3 is 4.74 Å². The summed E-state index contributed by atoms with van der Waals surface area (Å²) in [6.45, 7) is 5.70. The van der Waals surface area contributed by atoms with Crippen LogP contribution < -0.4 is 0 Å². The van der Waals surface area contributed by atoms with E-state index in [2.05, 4.69) is 6.58 Å². The summed E-state index contributed by atoms with van der Waals surface area (Å²) >= 11 is 0. The van der Waals surface area contributed by atoms with Crippen LogP contribution in [-0.2, 0) is 4.74 Å². The lowest BCUT2D eigenvalue weighted by atomic mass is 10.0. The quantitative estimate of drug-likeness (QED) is 0.129. The van der Waals surface area contributed by atoms with Gasteiger partial charge in [-0.25, -0.2) is 0 Å². The van der Waals surface area contributed by atoms with Gasteiger partial charge in [0.05, 0.1) is 6.61 Å². The number of hydrogen-bond donors (Lipinski definition) is 0. The highest BCUT2D eigenvalue weighted by atomic mass is 16.5. The molecular formula is C25H49O. The number of hydrogen-bond acceptors (Lipinski definition) is 1. The van der Waals surface area contributed by atoms with Crippen LogP contribution in [0.1, 0.15) is 135 Å². The van der Waals surface area contributed by atoms with Gasteiger partial charge in [-0.1, -0.05) is 122 Å². The summed E-state index contributed by atoms with van der Waals surface area (Å²) in [6, 6.07) is 0. The summed E-state index contributed by atoms with van der Waals surface area (Å²) in [5.41, 5.74) is 0. The molecule has 26 heavy (non-hydrogen) atoms. The fraction of sp³-hybridized carbons (Fsp3) is 0.880. The first-order valence-electron chi connectivity index (χ1n) is 11.9. The van der Waals surface area contributed by atoms with Crippen LogP contribution in [0.4, 0.5) is 0 Å². The molecule has 1 radical (unpaired) electrons. The van der Waals surface area contributed by atoms with Crippen LogP contribution in [0.15, 0.2) is 12.7 Å². The molecule has 0 N–H and O–H groups in total. The Kier molecular flexibility index (Phi) is 24.4. The van der Waals surface area contributed by atoms with Crippen molar-refractivity contribution in [2.75, 3.05) is 7.11 Å². The maximum absolute atomic E-state index is 4.96. The zero-order valence-corrected chi connectivity index (χ0v) is 18.1. The molecule has 0 aliphatic rings. The van der Waals surface area contributed by atoms with Gasteiger partial charge in [-0.15, -0.1) is 6.58 Å². The van der Waals surface area contributed by atoms with E-state index in [0.29, 0.717) is 0 Å². The summed E-state index contributed by atoms with van der Waals surface area (Å²) in [5.74, 6) is 0. The SMILES string of the molecule is C=CCCCCCCCCCCCCCCCCCCCCC[CH]OC. The lowest BCUT2D eigenvalue weighted by molar-refractivity contribution is 0.262. The summed E-state index contributed by atoms with van der Waals surface area (Å²) in [4.78, 5) is 0. The van der Waals surface area contributed by atoms with Crippen LogP contribution >= 0.6 is 0 Å². The minimum absolute atomic E-state index is 1.12. The molecule has 0 saturated heterocycles. The molecule has 0 aliphatic carbocycles. The Bertz CT molecular complexity index is 249. The highest BCUT2D eigenvalue weighted by Gasteiger charge is 1.95. The van der Waals surface area contributed by atoms with E-state index in [-0.39, 0.29) is 0 Å². The maximum Gasteiger partial charge on any atom is 0.0832 e. The fourth-order valence-corrected chi connectivity index (χ4v) is 3.64. The van der Waals surface area contributed by atoms with Crippen LogP contribution in [0.5, 0.6) is 0 Å². The van der Waals surface area contributed by atoms with Crippen molar-refractivity contribution in [2.24, 2.45) is 0 Å². The maximum atomic E-state index is 4.96. The lowest BCUT2D eigenvalue weighted by Gasteiger charge is -2.04. The highest BCUT2D eigenvalue weighted by molar-refractivity contribution is 4.65. The van der Waals surface area contributed by atoms with E-state index < -0.39 is 0 Å². The molecular weight excluding hydrogens is 316 g/mol. The molecule has 0 aromatic heterocycles. The van der Waals surface area contributed by atoms with Gasteiger partial charge >= 0.3 is 0 Å². The Morgan fingerprint density at radius 3 is 1.00 bits per heavy atom. The summed E-state index contributed by atoms with van der Waals surface area (Å²) < 4.78 is 4.96. The summed E-state index contributed by atoms with van der Waals surface area (Å²) in [6.07, 6.45) is 31.6. The number of allylic oxidation sites excluding steroid dienone is 1. The molecule has 0 bridgehead atoms. The van der Waals surface area contributed by atoms with Crippen molar-refractivity contribution >= 4 is 0 Å². The normalized spacial score (nSPS) is 11.1. The first-order chi connectivity index (χ1) is 12.9. The molecule has 0 rings (SSSR count). The van der Waals surface area contributed by atoms with Gasteiger partial charge in [-0.3, -0.25) is 0 Å². The third-order valence-corrected chi connectivity index (χ3v) is 5.40.